The Morgan fingerprint density at radius 2 is 1.93 bits per heavy atom. The first-order valence-corrected chi connectivity index (χ1v) is 10.8. The van der Waals surface area contributed by atoms with Crippen LogP contribution >= 0.6 is 0 Å². The number of aryl methyl sites for hydroxylation is 2. The molecule has 1 fully saturated rings. The molecule has 0 unspecified atom stereocenters. The molecule has 1 saturated heterocycles. The minimum atomic E-state index is -0.675. The number of likely N-dealkylation sites (tertiary alicyclic amines) is 1. The van der Waals surface area contributed by atoms with E-state index in [9.17, 15) is 9.59 Å². The molecule has 30 heavy (non-hydrogen) atoms. The number of hydrogen-bond acceptors (Lipinski definition) is 4. The number of benzene rings is 1. The van der Waals surface area contributed by atoms with Crippen molar-refractivity contribution >= 4 is 11.9 Å². The van der Waals surface area contributed by atoms with E-state index >= 15 is 0 Å². The first kappa shape index (κ1) is 22.1. The van der Waals surface area contributed by atoms with Crippen LogP contribution in [-0.2, 0) is 34.2 Å². The minimum absolute atomic E-state index is 0.0964. The van der Waals surface area contributed by atoms with E-state index in [0.717, 1.165) is 35.4 Å². The van der Waals surface area contributed by atoms with Gasteiger partial charge in [0.15, 0.2) is 0 Å². The number of piperidine rings is 1. The lowest BCUT2D eigenvalue weighted by molar-refractivity contribution is -0.160. The Morgan fingerprint density at radius 1 is 1.20 bits per heavy atom. The molecule has 6 heteroatoms. The summed E-state index contributed by atoms with van der Waals surface area (Å²) in [5.74, 6) is -0.0932. The number of hydrogen-bond donors (Lipinski definition) is 0. The van der Waals surface area contributed by atoms with Crippen LogP contribution in [0, 0.1) is 19.3 Å². The van der Waals surface area contributed by atoms with Gasteiger partial charge in [0.25, 0.3) is 0 Å². The fourth-order valence-electron chi connectivity index (χ4n) is 4.57. The van der Waals surface area contributed by atoms with E-state index in [2.05, 4.69) is 5.10 Å². The highest BCUT2D eigenvalue weighted by Gasteiger charge is 2.44. The Balaban J connectivity index is 1.74. The number of carbonyl (C=O) groups excluding carboxylic acids is 2. The van der Waals surface area contributed by atoms with Crippen LogP contribution in [0.15, 0.2) is 30.3 Å². The Morgan fingerprint density at radius 3 is 2.57 bits per heavy atom. The average molecular weight is 412 g/mol. The molecule has 0 spiro atoms. The zero-order valence-electron chi connectivity index (χ0n) is 18.6. The molecule has 0 aliphatic carbocycles. The number of amides is 1. The van der Waals surface area contributed by atoms with Crippen LogP contribution in [0.25, 0.3) is 0 Å². The van der Waals surface area contributed by atoms with Gasteiger partial charge in [-0.2, -0.15) is 5.10 Å². The molecule has 6 nitrogen and oxygen atoms in total. The molecule has 1 aromatic carbocycles. The predicted octanol–water partition coefficient (Wildman–Crippen LogP) is 3.38. The SMILES string of the molecule is CCOC(=O)[C@]1(Cc2ccccc2)CCCN(C(=O)CCc2c(C)nn(C)c2C)C1. The highest BCUT2D eigenvalue weighted by Crippen LogP contribution is 2.35. The van der Waals surface area contributed by atoms with Crippen LogP contribution in [0.4, 0.5) is 0 Å². The van der Waals surface area contributed by atoms with Gasteiger partial charge in [-0.1, -0.05) is 30.3 Å². The molecule has 1 amide bonds. The Hall–Kier alpha value is -2.63. The topological polar surface area (TPSA) is 64.4 Å². The van der Waals surface area contributed by atoms with Crippen LogP contribution in [0.3, 0.4) is 0 Å². The van der Waals surface area contributed by atoms with E-state index in [1.165, 1.54) is 0 Å². The standard InChI is InChI=1S/C24H33N3O3/c1-5-30-23(29)24(16-20-10-7-6-8-11-20)14-9-15-27(17-24)22(28)13-12-21-18(2)25-26(4)19(21)3/h6-8,10-11H,5,9,12-17H2,1-4H3/t24-/m0/s1. The monoisotopic (exact) mass is 411 g/mol. The predicted molar refractivity (Wildman–Crippen MR) is 116 cm³/mol. The van der Waals surface area contributed by atoms with Gasteiger partial charge in [0, 0.05) is 32.3 Å². The van der Waals surface area contributed by atoms with E-state index in [1.807, 2.05) is 67.7 Å². The van der Waals surface area contributed by atoms with Gasteiger partial charge in [-0.15, -0.1) is 0 Å². The third-order valence-corrected chi connectivity index (χ3v) is 6.27. The van der Waals surface area contributed by atoms with Gasteiger partial charge in [-0.05, 0) is 57.6 Å². The lowest BCUT2D eigenvalue weighted by Crippen LogP contribution is -2.51. The summed E-state index contributed by atoms with van der Waals surface area (Å²) in [4.78, 5) is 27.9. The minimum Gasteiger partial charge on any atom is -0.466 e. The zero-order chi connectivity index (χ0) is 21.7. The molecule has 0 N–H and O–H groups in total. The van der Waals surface area contributed by atoms with Gasteiger partial charge in [-0.25, -0.2) is 0 Å². The van der Waals surface area contributed by atoms with Gasteiger partial charge >= 0.3 is 5.97 Å². The second kappa shape index (κ2) is 9.45. The zero-order valence-corrected chi connectivity index (χ0v) is 18.6. The molecule has 0 radical (unpaired) electrons. The van der Waals surface area contributed by atoms with Crippen molar-refractivity contribution in [2.24, 2.45) is 12.5 Å². The fraction of sp³-hybridized carbons (Fsp3) is 0.542. The first-order chi connectivity index (χ1) is 14.4. The van der Waals surface area contributed by atoms with Gasteiger partial charge in [-0.3, -0.25) is 14.3 Å². The molecule has 1 aliphatic rings. The Bertz CT molecular complexity index is 891. The molecule has 0 bridgehead atoms. The molecular weight excluding hydrogens is 378 g/mol. The van der Waals surface area contributed by atoms with E-state index in [-0.39, 0.29) is 11.9 Å². The molecule has 3 rings (SSSR count). The smallest absolute Gasteiger partial charge is 0.314 e. The van der Waals surface area contributed by atoms with Crippen LogP contribution in [0.5, 0.6) is 0 Å². The van der Waals surface area contributed by atoms with Gasteiger partial charge in [0.1, 0.15) is 0 Å². The highest BCUT2D eigenvalue weighted by molar-refractivity contribution is 5.81. The van der Waals surface area contributed by atoms with E-state index < -0.39 is 5.41 Å². The summed E-state index contributed by atoms with van der Waals surface area (Å²) in [6, 6.07) is 10.0. The summed E-state index contributed by atoms with van der Waals surface area (Å²) in [6.07, 6.45) is 3.24. The second-order valence-electron chi connectivity index (χ2n) is 8.36. The lowest BCUT2D eigenvalue weighted by Gasteiger charge is -2.41. The third kappa shape index (κ3) is 4.74. The van der Waals surface area contributed by atoms with Crippen LogP contribution in [0.2, 0.25) is 0 Å². The molecule has 1 aliphatic heterocycles. The van der Waals surface area contributed by atoms with Crippen molar-refractivity contribution in [3.05, 3.63) is 52.8 Å². The molecule has 162 valence electrons. The molecule has 2 aromatic rings. The van der Waals surface area contributed by atoms with Gasteiger partial charge in [0.2, 0.25) is 5.91 Å². The Kier molecular flexibility index (Phi) is 6.95. The molecule has 1 atom stereocenters. The van der Waals surface area contributed by atoms with Gasteiger partial charge in [0.05, 0.1) is 17.7 Å². The Labute approximate surface area is 179 Å². The van der Waals surface area contributed by atoms with E-state index in [1.54, 1.807) is 0 Å². The van der Waals surface area contributed by atoms with Crippen molar-refractivity contribution in [3.63, 3.8) is 0 Å². The summed E-state index contributed by atoms with van der Waals surface area (Å²) >= 11 is 0. The van der Waals surface area contributed by atoms with E-state index in [0.29, 0.717) is 39.0 Å². The van der Waals surface area contributed by atoms with Crippen molar-refractivity contribution in [1.82, 2.24) is 14.7 Å². The first-order valence-electron chi connectivity index (χ1n) is 10.8. The molecule has 1 aromatic heterocycles. The van der Waals surface area contributed by atoms with Gasteiger partial charge < -0.3 is 9.64 Å². The maximum absolute atomic E-state index is 13.1. The summed E-state index contributed by atoms with van der Waals surface area (Å²) in [5.41, 5.74) is 3.64. The number of carbonyl (C=O) groups is 2. The van der Waals surface area contributed by atoms with Crippen molar-refractivity contribution in [3.8, 4) is 0 Å². The number of esters is 1. The average Bonchev–Trinajstić information content (AvgIpc) is 2.98. The number of rotatable bonds is 7. The van der Waals surface area contributed by atoms with Crippen molar-refractivity contribution in [2.45, 2.75) is 52.9 Å². The highest BCUT2D eigenvalue weighted by atomic mass is 16.5. The maximum Gasteiger partial charge on any atom is 0.314 e. The molecule has 0 saturated carbocycles. The summed E-state index contributed by atoms with van der Waals surface area (Å²) in [5, 5.41) is 4.45. The van der Waals surface area contributed by atoms with Crippen molar-refractivity contribution in [2.75, 3.05) is 19.7 Å². The van der Waals surface area contributed by atoms with Crippen LogP contribution < -0.4 is 0 Å². The normalized spacial score (nSPS) is 19.0. The van der Waals surface area contributed by atoms with Crippen molar-refractivity contribution < 1.29 is 14.3 Å². The third-order valence-electron chi connectivity index (χ3n) is 6.27. The summed E-state index contributed by atoms with van der Waals surface area (Å²) < 4.78 is 7.32. The van der Waals surface area contributed by atoms with Crippen LogP contribution in [-0.4, -0.2) is 46.3 Å². The van der Waals surface area contributed by atoms with Crippen LogP contribution in [0.1, 0.15) is 48.7 Å². The number of aromatic nitrogens is 2. The summed E-state index contributed by atoms with van der Waals surface area (Å²) in [6.45, 7) is 7.32. The maximum atomic E-state index is 13.1. The number of nitrogens with zero attached hydrogens (tertiary/aromatic N) is 3. The lowest BCUT2D eigenvalue weighted by atomic mass is 9.75. The molecule has 2 heterocycles. The second-order valence-corrected chi connectivity index (χ2v) is 8.36. The fourth-order valence-corrected chi connectivity index (χ4v) is 4.57. The van der Waals surface area contributed by atoms with Crippen molar-refractivity contribution in [1.29, 1.82) is 0 Å². The quantitative estimate of drug-likeness (QED) is 0.655. The molecular formula is C24H33N3O3. The van der Waals surface area contributed by atoms with E-state index in [4.69, 9.17) is 4.74 Å². The summed E-state index contributed by atoms with van der Waals surface area (Å²) in [7, 11) is 1.93. The largest absolute Gasteiger partial charge is 0.466 e. The number of ether oxygens (including phenoxy) is 1.